The van der Waals surface area contributed by atoms with Crippen LogP contribution in [-0.4, -0.2) is 30.2 Å². The normalized spacial score (nSPS) is 17.4. The summed E-state index contributed by atoms with van der Waals surface area (Å²) < 4.78 is 25.3. The van der Waals surface area contributed by atoms with Gasteiger partial charge in [0.25, 0.3) is 0 Å². The lowest BCUT2D eigenvalue weighted by Gasteiger charge is -2.26. The molecule has 2 aromatic rings. The molecular formula is C22H27FN2O3. The maximum Gasteiger partial charge on any atom is 0.410 e. The van der Waals surface area contributed by atoms with Gasteiger partial charge in [0.1, 0.15) is 18.2 Å². The minimum Gasteiger partial charge on any atom is -0.493 e. The molecule has 6 heteroatoms. The first-order chi connectivity index (χ1) is 13.5. The van der Waals surface area contributed by atoms with E-state index in [2.05, 4.69) is 0 Å². The number of nitrogens with two attached hydrogens (primary N) is 1. The maximum absolute atomic E-state index is 13.9. The molecule has 2 aromatic carbocycles. The fraction of sp³-hybridized carbons (Fsp3) is 0.409. The molecule has 5 nitrogen and oxygen atoms in total. The zero-order chi connectivity index (χ0) is 19.9. The Bertz CT molecular complexity index is 783. The van der Waals surface area contributed by atoms with Crippen LogP contribution in [0.25, 0.3) is 0 Å². The zero-order valence-electron chi connectivity index (χ0n) is 16.1. The third-order valence-electron chi connectivity index (χ3n) is 4.85. The second kappa shape index (κ2) is 9.55. The average Bonchev–Trinajstić information content (AvgIpc) is 3.17. The number of benzene rings is 2. The Kier molecular flexibility index (Phi) is 6.87. The van der Waals surface area contributed by atoms with Crippen LogP contribution in [0.2, 0.25) is 0 Å². The molecule has 1 aliphatic rings. The van der Waals surface area contributed by atoms with E-state index in [1.165, 1.54) is 12.1 Å². The molecule has 1 aliphatic heterocycles. The molecule has 1 saturated heterocycles. The quantitative estimate of drug-likeness (QED) is 0.765. The number of hydrogen-bond donors (Lipinski definition) is 1. The standard InChI is InChI=1S/C22H27FN2O3/c1-16(24)11-13-27-21-10-9-18(23)14-19(21)20-8-5-12-25(20)22(26)28-15-17-6-3-2-4-7-17/h2-4,6-7,9-10,14,16,20H,5,8,11-13,15,24H2,1H3. The molecule has 2 atom stereocenters. The molecule has 0 saturated carbocycles. The third-order valence-corrected chi connectivity index (χ3v) is 4.85. The van der Waals surface area contributed by atoms with E-state index in [4.69, 9.17) is 15.2 Å². The molecule has 3 rings (SSSR count). The van der Waals surface area contributed by atoms with Crippen molar-refractivity contribution in [2.45, 2.75) is 44.9 Å². The van der Waals surface area contributed by atoms with Crippen LogP contribution in [0.3, 0.4) is 0 Å². The maximum atomic E-state index is 13.9. The van der Waals surface area contributed by atoms with Gasteiger partial charge in [-0.3, -0.25) is 0 Å². The molecule has 0 radical (unpaired) electrons. The highest BCUT2D eigenvalue weighted by Gasteiger charge is 2.33. The van der Waals surface area contributed by atoms with Crippen LogP contribution in [0.5, 0.6) is 5.75 Å². The largest absolute Gasteiger partial charge is 0.493 e. The van der Waals surface area contributed by atoms with Gasteiger partial charge in [-0.2, -0.15) is 0 Å². The van der Waals surface area contributed by atoms with Crippen molar-refractivity contribution in [3.63, 3.8) is 0 Å². The summed E-state index contributed by atoms with van der Waals surface area (Å²) in [7, 11) is 0. The Morgan fingerprint density at radius 2 is 2.07 bits per heavy atom. The molecule has 1 heterocycles. The van der Waals surface area contributed by atoms with Crippen LogP contribution in [0, 0.1) is 5.82 Å². The van der Waals surface area contributed by atoms with Crippen LogP contribution >= 0.6 is 0 Å². The van der Waals surface area contributed by atoms with Gasteiger partial charge in [-0.05, 0) is 49.9 Å². The predicted octanol–water partition coefficient (Wildman–Crippen LogP) is 4.42. The number of carbonyl (C=O) groups is 1. The summed E-state index contributed by atoms with van der Waals surface area (Å²) in [5, 5.41) is 0. The minimum atomic E-state index is -0.392. The number of halogens is 1. The Morgan fingerprint density at radius 1 is 1.29 bits per heavy atom. The Labute approximate surface area is 165 Å². The molecule has 2 unspecified atom stereocenters. The van der Waals surface area contributed by atoms with Crippen LogP contribution < -0.4 is 10.5 Å². The number of carbonyl (C=O) groups excluding carboxylic acids is 1. The van der Waals surface area contributed by atoms with E-state index in [-0.39, 0.29) is 24.5 Å². The highest BCUT2D eigenvalue weighted by Crippen LogP contribution is 2.38. The van der Waals surface area contributed by atoms with Crippen LogP contribution in [0.4, 0.5) is 9.18 Å². The van der Waals surface area contributed by atoms with Crippen molar-refractivity contribution >= 4 is 6.09 Å². The number of nitrogens with zero attached hydrogens (tertiary/aromatic N) is 1. The average molecular weight is 386 g/mol. The topological polar surface area (TPSA) is 64.8 Å². The van der Waals surface area contributed by atoms with E-state index < -0.39 is 6.09 Å². The first-order valence-corrected chi connectivity index (χ1v) is 9.69. The smallest absolute Gasteiger partial charge is 0.410 e. The van der Waals surface area contributed by atoms with E-state index in [1.54, 1.807) is 11.0 Å². The molecule has 1 fully saturated rings. The van der Waals surface area contributed by atoms with E-state index >= 15 is 0 Å². The summed E-state index contributed by atoms with van der Waals surface area (Å²) in [6.45, 7) is 3.15. The van der Waals surface area contributed by atoms with Gasteiger partial charge in [0.05, 0.1) is 12.6 Å². The van der Waals surface area contributed by atoms with E-state index in [0.717, 1.165) is 18.4 Å². The van der Waals surface area contributed by atoms with Gasteiger partial charge in [0.2, 0.25) is 0 Å². The van der Waals surface area contributed by atoms with Gasteiger partial charge in [-0.25, -0.2) is 9.18 Å². The second-order valence-electron chi connectivity index (χ2n) is 7.19. The van der Waals surface area contributed by atoms with Gasteiger partial charge >= 0.3 is 6.09 Å². The number of hydrogen-bond acceptors (Lipinski definition) is 4. The van der Waals surface area contributed by atoms with Crippen molar-refractivity contribution in [3.05, 3.63) is 65.5 Å². The Hall–Kier alpha value is -2.60. The molecule has 0 aromatic heterocycles. The fourth-order valence-corrected chi connectivity index (χ4v) is 3.38. The van der Waals surface area contributed by atoms with Crippen molar-refractivity contribution in [2.24, 2.45) is 5.73 Å². The van der Waals surface area contributed by atoms with Gasteiger partial charge < -0.3 is 20.1 Å². The van der Waals surface area contributed by atoms with Crippen molar-refractivity contribution in [1.82, 2.24) is 4.90 Å². The van der Waals surface area contributed by atoms with Gasteiger partial charge in [-0.15, -0.1) is 0 Å². The van der Waals surface area contributed by atoms with Crippen molar-refractivity contribution < 1.29 is 18.7 Å². The lowest BCUT2D eigenvalue weighted by molar-refractivity contribution is 0.0915. The van der Waals surface area contributed by atoms with E-state index in [0.29, 0.717) is 30.9 Å². The van der Waals surface area contributed by atoms with Crippen molar-refractivity contribution in [3.8, 4) is 5.75 Å². The molecule has 0 bridgehead atoms. The SMILES string of the molecule is CC(N)CCOc1ccc(F)cc1C1CCCN1C(=O)OCc1ccccc1. The first-order valence-electron chi connectivity index (χ1n) is 9.69. The number of amides is 1. The highest BCUT2D eigenvalue weighted by molar-refractivity contribution is 5.69. The van der Waals surface area contributed by atoms with Crippen molar-refractivity contribution in [1.29, 1.82) is 0 Å². The number of rotatable bonds is 7. The second-order valence-corrected chi connectivity index (χ2v) is 7.19. The molecule has 0 aliphatic carbocycles. The van der Waals surface area contributed by atoms with Gasteiger partial charge in [-0.1, -0.05) is 30.3 Å². The van der Waals surface area contributed by atoms with Crippen LogP contribution in [0.1, 0.15) is 43.4 Å². The number of likely N-dealkylation sites (tertiary alicyclic amines) is 1. The summed E-state index contributed by atoms with van der Waals surface area (Å²) in [6, 6.07) is 13.8. The molecule has 0 spiro atoms. The Morgan fingerprint density at radius 3 is 2.82 bits per heavy atom. The first kappa shape index (κ1) is 20.1. The monoisotopic (exact) mass is 386 g/mol. The molecule has 150 valence electrons. The fourth-order valence-electron chi connectivity index (χ4n) is 3.38. The van der Waals surface area contributed by atoms with Gasteiger partial charge in [0.15, 0.2) is 0 Å². The van der Waals surface area contributed by atoms with Crippen LogP contribution in [-0.2, 0) is 11.3 Å². The van der Waals surface area contributed by atoms with E-state index in [1.807, 2.05) is 37.3 Å². The highest BCUT2D eigenvalue weighted by atomic mass is 19.1. The lowest BCUT2D eigenvalue weighted by Crippen LogP contribution is -2.31. The Balaban J connectivity index is 1.70. The predicted molar refractivity (Wildman–Crippen MR) is 105 cm³/mol. The summed E-state index contributed by atoms with van der Waals surface area (Å²) in [5.41, 5.74) is 7.38. The van der Waals surface area contributed by atoms with Crippen molar-refractivity contribution in [2.75, 3.05) is 13.2 Å². The molecule has 28 heavy (non-hydrogen) atoms. The molecular weight excluding hydrogens is 359 g/mol. The van der Waals surface area contributed by atoms with Crippen LogP contribution in [0.15, 0.2) is 48.5 Å². The van der Waals surface area contributed by atoms with Gasteiger partial charge in [0, 0.05) is 18.2 Å². The summed E-state index contributed by atoms with van der Waals surface area (Å²) >= 11 is 0. The molecule has 2 N–H and O–H groups in total. The minimum absolute atomic E-state index is 0.0276. The molecule has 1 amide bonds. The third kappa shape index (κ3) is 5.23. The summed E-state index contributed by atoms with van der Waals surface area (Å²) in [6.07, 6.45) is 1.89. The lowest BCUT2D eigenvalue weighted by atomic mass is 10.0. The van der Waals surface area contributed by atoms with E-state index in [9.17, 15) is 9.18 Å². The zero-order valence-corrected chi connectivity index (χ0v) is 16.1. The number of ether oxygens (including phenoxy) is 2. The summed E-state index contributed by atoms with van der Waals surface area (Å²) in [5.74, 6) is 0.244. The summed E-state index contributed by atoms with van der Waals surface area (Å²) in [4.78, 5) is 14.3.